The topological polar surface area (TPSA) is 95.8 Å². The Balaban J connectivity index is 1.97. The van der Waals surface area contributed by atoms with E-state index in [1.165, 1.54) is 0 Å². The van der Waals surface area contributed by atoms with Gasteiger partial charge in [0, 0.05) is 24.6 Å². The molecule has 6 heteroatoms. The highest BCUT2D eigenvalue weighted by Crippen LogP contribution is 2.13. The van der Waals surface area contributed by atoms with Crippen molar-refractivity contribution < 1.29 is 4.79 Å². The Labute approximate surface area is 117 Å². The molecule has 0 radical (unpaired) electrons. The molecule has 0 saturated carbocycles. The number of hydrogen-bond acceptors (Lipinski definition) is 3. The molecular formula is C14H19N5O. The van der Waals surface area contributed by atoms with Crippen LogP contribution in [0.3, 0.4) is 0 Å². The molecule has 2 aromatic rings. The molecule has 0 saturated heterocycles. The lowest BCUT2D eigenvalue weighted by atomic mass is 10.2. The third kappa shape index (κ3) is 3.58. The molecule has 2 amide bonds. The second kappa shape index (κ2) is 6.72. The van der Waals surface area contributed by atoms with Gasteiger partial charge in [0.2, 0.25) is 0 Å². The van der Waals surface area contributed by atoms with Gasteiger partial charge in [-0.3, -0.25) is 0 Å². The predicted molar refractivity (Wildman–Crippen MR) is 78.1 cm³/mol. The fourth-order valence-corrected chi connectivity index (χ4v) is 1.93. The molecule has 1 aromatic heterocycles. The van der Waals surface area contributed by atoms with E-state index in [1.807, 2.05) is 31.2 Å². The smallest absolute Gasteiger partial charge is 0.319 e. The van der Waals surface area contributed by atoms with Crippen molar-refractivity contribution in [2.45, 2.75) is 25.9 Å². The van der Waals surface area contributed by atoms with E-state index < -0.39 is 0 Å². The monoisotopic (exact) mass is 273 g/mol. The fourth-order valence-electron chi connectivity index (χ4n) is 1.93. The largest absolute Gasteiger partial charge is 0.347 e. The maximum Gasteiger partial charge on any atom is 0.319 e. The van der Waals surface area contributed by atoms with Gasteiger partial charge in [-0.25, -0.2) is 9.78 Å². The summed E-state index contributed by atoms with van der Waals surface area (Å²) in [6, 6.07) is 7.06. The van der Waals surface area contributed by atoms with Crippen LogP contribution in [0.15, 0.2) is 36.7 Å². The van der Waals surface area contributed by atoms with Crippen molar-refractivity contribution in [2.24, 2.45) is 5.73 Å². The van der Waals surface area contributed by atoms with Gasteiger partial charge in [0.05, 0.1) is 6.04 Å². The minimum Gasteiger partial charge on any atom is -0.347 e. The zero-order valence-corrected chi connectivity index (χ0v) is 11.4. The summed E-state index contributed by atoms with van der Waals surface area (Å²) in [5.41, 5.74) is 7.27. The van der Waals surface area contributed by atoms with Gasteiger partial charge in [-0.1, -0.05) is 19.1 Å². The number of hydrogen-bond donors (Lipinski definition) is 4. The molecule has 0 aliphatic rings. The van der Waals surface area contributed by atoms with Crippen LogP contribution in [-0.4, -0.2) is 16.0 Å². The first kappa shape index (κ1) is 14.1. The number of nitrogens with two attached hydrogens (primary N) is 1. The van der Waals surface area contributed by atoms with Crippen LogP contribution < -0.4 is 16.4 Å². The molecule has 106 valence electrons. The van der Waals surface area contributed by atoms with Crippen molar-refractivity contribution in [3.05, 3.63) is 48.0 Å². The average molecular weight is 273 g/mol. The number of imidazole rings is 1. The highest BCUT2D eigenvalue weighted by Gasteiger charge is 2.14. The first-order valence-corrected chi connectivity index (χ1v) is 6.58. The molecule has 1 unspecified atom stereocenters. The summed E-state index contributed by atoms with van der Waals surface area (Å²) in [5, 5.41) is 5.68. The molecule has 0 aliphatic carbocycles. The molecular weight excluding hydrogens is 254 g/mol. The van der Waals surface area contributed by atoms with Crippen molar-refractivity contribution in [1.29, 1.82) is 0 Å². The summed E-state index contributed by atoms with van der Waals surface area (Å²) in [6.07, 6.45) is 4.16. The van der Waals surface area contributed by atoms with Crippen LogP contribution in [0.2, 0.25) is 0 Å². The zero-order chi connectivity index (χ0) is 14.4. The van der Waals surface area contributed by atoms with Crippen LogP contribution in [0.5, 0.6) is 0 Å². The number of urea groups is 1. The molecule has 0 aliphatic heterocycles. The van der Waals surface area contributed by atoms with Crippen molar-refractivity contribution >= 4 is 11.7 Å². The van der Waals surface area contributed by atoms with Gasteiger partial charge in [-0.2, -0.15) is 0 Å². The van der Waals surface area contributed by atoms with Crippen molar-refractivity contribution in [3.8, 4) is 0 Å². The Kier molecular flexibility index (Phi) is 4.73. The fraction of sp³-hybridized carbons (Fsp3) is 0.286. The third-order valence-electron chi connectivity index (χ3n) is 2.98. The van der Waals surface area contributed by atoms with Crippen molar-refractivity contribution in [2.75, 3.05) is 5.32 Å². The molecule has 5 N–H and O–H groups in total. The van der Waals surface area contributed by atoms with Crippen LogP contribution in [0.25, 0.3) is 0 Å². The van der Waals surface area contributed by atoms with E-state index in [0.29, 0.717) is 6.54 Å². The zero-order valence-electron chi connectivity index (χ0n) is 11.4. The number of nitrogens with one attached hydrogen (secondary N) is 3. The van der Waals surface area contributed by atoms with E-state index in [-0.39, 0.29) is 12.1 Å². The van der Waals surface area contributed by atoms with E-state index in [4.69, 9.17) is 5.73 Å². The molecule has 0 bridgehead atoms. The summed E-state index contributed by atoms with van der Waals surface area (Å²) in [6.45, 7) is 2.43. The van der Waals surface area contributed by atoms with E-state index in [0.717, 1.165) is 23.5 Å². The van der Waals surface area contributed by atoms with E-state index >= 15 is 0 Å². The summed E-state index contributed by atoms with van der Waals surface area (Å²) in [4.78, 5) is 19.1. The summed E-state index contributed by atoms with van der Waals surface area (Å²) < 4.78 is 0. The SMILES string of the molecule is CCC(NC(=O)Nc1cccc(CN)c1)c1ncc[nH]1. The summed E-state index contributed by atoms with van der Waals surface area (Å²) >= 11 is 0. The number of rotatable bonds is 5. The van der Waals surface area contributed by atoms with E-state index in [1.54, 1.807) is 12.4 Å². The number of carbonyl (C=O) groups is 1. The standard InChI is InChI=1S/C14H19N5O/c1-2-12(13-16-6-7-17-13)19-14(20)18-11-5-3-4-10(8-11)9-15/h3-8,12H,2,9,15H2,1H3,(H,16,17)(H2,18,19,20). The van der Waals surface area contributed by atoms with Crippen LogP contribution >= 0.6 is 0 Å². The van der Waals surface area contributed by atoms with Crippen LogP contribution in [0.4, 0.5) is 10.5 Å². The Morgan fingerprint density at radius 3 is 3.00 bits per heavy atom. The van der Waals surface area contributed by atoms with Gasteiger partial charge < -0.3 is 21.4 Å². The Morgan fingerprint density at radius 1 is 1.50 bits per heavy atom. The predicted octanol–water partition coefficient (Wildman–Crippen LogP) is 2.14. The number of H-pyrrole nitrogens is 1. The lowest BCUT2D eigenvalue weighted by Crippen LogP contribution is -2.32. The normalized spacial score (nSPS) is 11.9. The van der Waals surface area contributed by atoms with Crippen molar-refractivity contribution in [1.82, 2.24) is 15.3 Å². The van der Waals surface area contributed by atoms with E-state index in [9.17, 15) is 4.79 Å². The lowest BCUT2D eigenvalue weighted by molar-refractivity contribution is 0.247. The minimum atomic E-state index is -0.262. The van der Waals surface area contributed by atoms with E-state index in [2.05, 4.69) is 20.6 Å². The Morgan fingerprint density at radius 2 is 2.35 bits per heavy atom. The van der Waals surface area contributed by atoms with Crippen LogP contribution in [0.1, 0.15) is 30.8 Å². The number of aromatic amines is 1. The molecule has 0 fully saturated rings. The summed E-state index contributed by atoms with van der Waals surface area (Å²) in [5.74, 6) is 0.748. The van der Waals surface area contributed by atoms with Crippen LogP contribution in [0, 0.1) is 0 Å². The molecule has 6 nitrogen and oxygen atoms in total. The molecule has 1 atom stereocenters. The van der Waals surface area contributed by atoms with Gasteiger partial charge in [-0.05, 0) is 24.1 Å². The maximum atomic E-state index is 12.0. The van der Waals surface area contributed by atoms with Gasteiger partial charge >= 0.3 is 6.03 Å². The second-order valence-electron chi connectivity index (χ2n) is 4.44. The quantitative estimate of drug-likeness (QED) is 0.672. The van der Waals surface area contributed by atoms with Gasteiger partial charge in [0.25, 0.3) is 0 Å². The Hall–Kier alpha value is -2.34. The van der Waals surface area contributed by atoms with Crippen LogP contribution in [-0.2, 0) is 6.54 Å². The maximum absolute atomic E-state index is 12.0. The molecule has 20 heavy (non-hydrogen) atoms. The van der Waals surface area contributed by atoms with Crippen molar-refractivity contribution in [3.63, 3.8) is 0 Å². The number of aromatic nitrogens is 2. The van der Waals surface area contributed by atoms with Gasteiger partial charge in [0.1, 0.15) is 5.82 Å². The Bertz CT molecular complexity index is 552. The first-order chi connectivity index (χ1) is 9.72. The third-order valence-corrected chi connectivity index (χ3v) is 2.98. The number of benzene rings is 1. The number of anilines is 1. The second-order valence-corrected chi connectivity index (χ2v) is 4.44. The highest BCUT2D eigenvalue weighted by atomic mass is 16.2. The minimum absolute atomic E-state index is 0.136. The first-order valence-electron chi connectivity index (χ1n) is 6.58. The van der Waals surface area contributed by atoms with Gasteiger partial charge in [0.15, 0.2) is 0 Å². The number of amides is 2. The number of carbonyl (C=O) groups excluding carboxylic acids is 1. The lowest BCUT2D eigenvalue weighted by Gasteiger charge is -2.15. The average Bonchev–Trinajstić information content (AvgIpc) is 2.99. The highest BCUT2D eigenvalue weighted by molar-refractivity contribution is 5.89. The molecule has 0 spiro atoms. The molecule has 1 heterocycles. The molecule has 1 aromatic carbocycles. The number of nitrogens with zero attached hydrogens (tertiary/aromatic N) is 1. The van der Waals surface area contributed by atoms with Gasteiger partial charge in [-0.15, -0.1) is 0 Å². The molecule has 2 rings (SSSR count). The summed E-state index contributed by atoms with van der Waals surface area (Å²) in [7, 11) is 0.